The third kappa shape index (κ3) is 6.26. The Bertz CT molecular complexity index is 1630. The third-order valence-corrected chi connectivity index (χ3v) is 6.02. The quantitative estimate of drug-likeness (QED) is 0.135. The molecule has 1 saturated heterocycles. The number of halogens is 5. The zero-order chi connectivity index (χ0) is 30.1. The van der Waals surface area contributed by atoms with Crippen molar-refractivity contribution in [3.8, 4) is 17.2 Å². The van der Waals surface area contributed by atoms with Crippen LogP contribution in [0.4, 0.5) is 29.3 Å². The molecule has 1 N–H and O–H groups in total. The van der Waals surface area contributed by atoms with Gasteiger partial charge in [-0.2, -0.15) is 13.2 Å². The number of carbonyl (C=O) groups excluding carboxylic acids is 3. The summed E-state index contributed by atoms with van der Waals surface area (Å²) in [6.45, 7) is 1.63. The molecule has 3 aromatic rings. The van der Waals surface area contributed by atoms with Crippen molar-refractivity contribution in [3.63, 3.8) is 0 Å². The molecule has 0 radical (unpaired) electrons. The summed E-state index contributed by atoms with van der Waals surface area (Å²) >= 11 is 12.3. The summed E-state index contributed by atoms with van der Waals surface area (Å²) in [6, 6.07) is 9.04. The number of hydrogen-bond acceptors (Lipinski definition) is 7. The van der Waals surface area contributed by atoms with Crippen LogP contribution in [0.2, 0.25) is 10.0 Å². The lowest BCUT2D eigenvalue weighted by atomic mass is 10.1. The smallest absolute Gasteiger partial charge is 0.416 e. The number of barbiturate groups is 1. The summed E-state index contributed by atoms with van der Waals surface area (Å²) in [5.41, 5.74) is -2.44. The molecule has 1 heterocycles. The monoisotopic (exact) mass is 609 g/mol. The first-order valence-electron chi connectivity index (χ1n) is 11.5. The molecule has 0 unspecified atom stereocenters. The molecule has 15 heteroatoms. The van der Waals surface area contributed by atoms with Crippen LogP contribution < -0.4 is 19.7 Å². The van der Waals surface area contributed by atoms with Crippen LogP contribution in [0.3, 0.4) is 0 Å². The van der Waals surface area contributed by atoms with Crippen LogP contribution in [-0.4, -0.2) is 29.4 Å². The van der Waals surface area contributed by atoms with Gasteiger partial charge in [0.2, 0.25) is 5.75 Å². The number of urea groups is 1. The Hall–Kier alpha value is -4.62. The zero-order valence-electron chi connectivity index (χ0n) is 20.6. The topological polar surface area (TPSA) is 128 Å². The number of ether oxygens (including phenoxy) is 2. The number of nitrogens with one attached hydrogen (secondary N) is 1. The van der Waals surface area contributed by atoms with E-state index in [1.807, 2.05) is 0 Å². The van der Waals surface area contributed by atoms with E-state index < -0.39 is 51.5 Å². The largest absolute Gasteiger partial charge is 0.490 e. The second-order valence-electron chi connectivity index (χ2n) is 8.24. The first kappa shape index (κ1) is 29.4. The fraction of sp³-hybridized carbons (Fsp3) is 0.115. The highest BCUT2D eigenvalue weighted by Crippen LogP contribution is 2.44. The minimum absolute atomic E-state index is 0.0400. The first-order chi connectivity index (χ1) is 19.3. The molecule has 4 rings (SSSR count). The molecule has 1 aliphatic heterocycles. The Morgan fingerprint density at radius 2 is 1.78 bits per heavy atom. The van der Waals surface area contributed by atoms with E-state index in [-0.39, 0.29) is 39.4 Å². The van der Waals surface area contributed by atoms with Crippen LogP contribution in [0.25, 0.3) is 6.08 Å². The number of amides is 4. The van der Waals surface area contributed by atoms with E-state index in [4.69, 9.17) is 32.7 Å². The molecule has 41 heavy (non-hydrogen) atoms. The number of alkyl halides is 3. The molecule has 4 amide bonds. The molecule has 0 aromatic heterocycles. The van der Waals surface area contributed by atoms with Gasteiger partial charge in [-0.15, -0.1) is 0 Å². The maximum Gasteiger partial charge on any atom is 0.416 e. The van der Waals surface area contributed by atoms with E-state index in [2.05, 4.69) is 5.32 Å². The predicted molar refractivity (Wildman–Crippen MR) is 141 cm³/mol. The van der Waals surface area contributed by atoms with Gasteiger partial charge in [0, 0.05) is 11.1 Å². The van der Waals surface area contributed by atoms with Crippen molar-refractivity contribution in [2.24, 2.45) is 0 Å². The van der Waals surface area contributed by atoms with Crippen molar-refractivity contribution in [2.45, 2.75) is 13.1 Å². The molecule has 0 aliphatic carbocycles. The number of carbonyl (C=O) groups is 3. The lowest BCUT2D eigenvalue weighted by molar-refractivity contribution is -0.385. The molecule has 1 fully saturated rings. The van der Waals surface area contributed by atoms with E-state index in [9.17, 15) is 37.7 Å². The Morgan fingerprint density at radius 3 is 2.41 bits per heavy atom. The molecule has 0 bridgehead atoms. The minimum atomic E-state index is -4.83. The van der Waals surface area contributed by atoms with Crippen molar-refractivity contribution < 1.29 is 42.0 Å². The molecule has 0 atom stereocenters. The number of benzene rings is 3. The van der Waals surface area contributed by atoms with Gasteiger partial charge in [0.05, 0.1) is 27.8 Å². The van der Waals surface area contributed by atoms with Crippen LogP contribution in [0.5, 0.6) is 17.2 Å². The zero-order valence-corrected chi connectivity index (χ0v) is 22.1. The Balaban J connectivity index is 1.74. The molecule has 0 saturated carbocycles. The highest BCUT2D eigenvalue weighted by molar-refractivity contribution is 6.39. The highest BCUT2D eigenvalue weighted by Gasteiger charge is 2.37. The average Bonchev–Trinajstić information content (AvgIpc) is 2.88. The first-order valence-corrected chi connectivity index (χ1v) is 12.2. The van der Waals surface area contributed by atoms with Crippen LogP contribution in [0.1, 0.15) is 18.1 Å². The molecule has 3 aromatic carbocycles. The van der Waals surface area contributed by atoms with E-state index in [1.165, 1.54) is 36.4 Å². The van der Waals surface area contributed by atoms with Crippen LogP contribution in [0.15, 0.2) is 60.2 Å². The van der Waals surface area contributed by atoms with Gasteiger partial charge in [-0.05, 0) is 61.0 Å². The Labute approximate surface area is 239 Å². The van der Waals surface area contributed by atoms with Gasteiger partial charge in [0.1, 0.15) is 5.57 Å². The van der Waals surface area contributed by atoms with Gasteiger partial charge in [-0.1, -0.05) is 29.3 Å². The highest BCUT2D eigenvalue weighted by atomic mass is 35.5. The number of anilines is 1. The Morgan fingerprint density at radius 1 is 1.05 bits per heavy atom. The van der Waals surface area contributed by atoms with Crippen LogP contribution >= 0.6 is 23.2 Å². The molecule has 1 aliphatic rings. The number of imide groups is 2. The molecule has 10 nitrogen and oxygen atoms in total. The van der Waals surface area contributed by atoms with Gasteiger partial charge in [0.25, 0.3) is 11.8 Å². The van der Waals surface area contributed by atoms with Crippen molar-refractivity contribution >= 4 is 58.5 Å². The maximum atomic E-state index is 13.2. The van der Waals surface area contributed by atoms with E-state index >= 15 is 0 Å². The predicted octanol–water partition coefficient (Wildman–Crippen LogP) is 6.78. The lowest BCUT2D eigenvalue weighted by Crippen LogP contribution is -2.54. The SMILES string of the molecule is CCOc1cc(/C=C2\C(=O)NC(=O)N(c3cccc(Cl)c3)C2=O)cc(Cl)c1Oc1ccc(C(F)(F)F)cc1[N+](=O)[O-]. The normalized spacial score (nSPS) is 14.7. The Kier molecular flexibility index (Phi) is 8.22. The molecule has 212 valence electrons. The molecule has 0 spiro atoms. The lowest BCUT2D eigenvalue weighted by Gasteiger charge is -2.26. The number of rotatable bonds is 7. The summed E-state index contributed by atoms with van der Waals surface area (Å²) in [5, 5.41) is 13.6. The standard InChI is InChI=1S/C26H16Cl2F3N3O7/c1-2-40-21-10-13(8-17-23(35)32-25(37)33(24(17)36)16-5-3-4-15(27)12-16)9-18(28)22(21)41-20-7-6-14(26(29,30)31)11-19(20)34(38)39/h3-12H,2H2,1H3,(H,32,35,37)/b17-8+. The van der Waals surface area contributed by atoms with E-state index in [1.54, 1.807) is 6.92 Å². The number of hydrogen-bond donors (Lipinski definition) is 1. The van der Waals surface area contributed by atoms with Crippen molar-refractivity contribution in [1.82, 2.24) is 5.32 Å². The van der Waals surface area contributed by atoms with Gasteiger partial charge >= 0.3 is 17.9 Å². The summed E-state index contributed by atoms with van der Waals surface area (Å²) in [5.74, 6) is -2.88. The average molecular weight is 610 g/mol. The van der Waals surface area contributed by atoms with Gasteiger partial charge in [0.15, 0.2) is 11.5 Å². The number of nitrogens with zero attached hydrogens (tertiary/aromatic N) is 2. The summed E-state index contributed by atoms with van der Waals surface area (Å²) in [6.07, 6.45) is -3.71. The summed E-state index contributed by atoms with van der Waals surface area (Å²) < 4.78 is 50.3. The summed E-state index contributed by atoms with van der Waals surface area (Å²) in [7, 11) is 0. The van der Waals surface area contributed by atoms with E-state index in [0.29, 0.717) is 17.0 Å². The van der Waals surface area contributed by atoms with Gasteiger partial charge < -0.3 is 9.47 Å². The maximum absolute atomic E-state index is 13.2. The van der Waals surface area contributed by atoms with Crippen molar-refractivity contribution in [3.05, 3.63) is 91.5 Å². The molecular formula is C26H16Cl2F3N3O7. The summed E-state index contributed by atoms with van der Waals surface area (Å²) in [4.78, 5) is 49.3. The van der Waals surface area contributed by atoms with Crippen molar-refractivity contribution in [1.29, 1.82) is 0 Å². The van der Waals surface area contributed by atoms with Crippen molar-refractivity contribution in [2.75, 3.05) is 11.5 Å². The van der Waals surface area contributed by atoms with Crippen LogP contribution in [-0.2, 0) is 15.8 Å². The molecular weight excluding hydrogens is 594 g/mol. The third-order valence-electron chi connectivity index (χ3n) is 5.51. The fourth-order valence-corrected chi connectivity index (χ4v) is 4.18. The number of nitro groups is 1. The number of nitro benzene ring substituents is 1. The minimum Gasteiger partial charge on any atom is -0.490 e. The second-order valence-corrected chi connectivity index (χ2v) is 9.08. The van der Waals surface area contributed by atoms with E-state index in [0.717, 1.165) is 12.1 Å². The second kappa shape index (κ2) is 11.5. The fourth-order valence-electron chi connectivity index (χ4n) is 3.74. The van der Waals surface area contributed by atoms with Crippen LogP contribution in [0, 0.1) is 10.1 Å². The van der Waals surface area contributed by atoms with Gasteiger partial charge in [-0.3, -0.25) is 25.0 Å². The van der Waals surface area contributed by atoms with Gasteiger partial charge in [-0.25, -0.2) is 9.69 Å².